The third-order valence-corrected chi connectivity index (χ3v) is 8.04. The normalized spacial score (nSPS) is 27.7. The number of hydrogen-bond donors (Lipinski definition) is 1. The third kappa shape index (κ3) is 2.52. The fourth-order valence-electron chi connectivity index (χ4n) is 4.34. The topological polar surface area (TPSA) is 91.4 Å². The first-order chi connectivity index (χ1) is 12.5. The van der Waals surface area contributed by atoms with Crippen molar-refractivity contribution in [2.24, 2.45) is 11.3 Å². The van der Waals surface area contributed by atoms with E-state index in [-0.39, 0.29) is 17.1 Å². The summed E-state index contributed by atoms with van der Waals surface area (Å²) in [6.45, 7) is 2.69. The van der Waals surface area contributed by atoms with E-state index in [2.05, 4.69) is 19.9 Å². The average molecular weight is 377 g/mol. The van der Waals surface area contributed by atoms with E-state index in [0.717, 1.165) is 29.7 Å². The first kappa shape index (κ1) is 16.5. The van der Waals surface area contributed by atoms with Crippen LogP contribution in [-0.4, -0.2) is 72.8 Å². The fraction of sp³-hybridized carbons (Fsp3) is 0.647. The highest BCUT2D eigenvalue weighted by Crippen LogP contribution is 2.41. The molecule has 1 N–H and O–H groups in total. The molecular weight excluding hydrogens is 354 g/mol. The number of H-pyrrole nitrogens is 1. The monoisotopic (exact) mass is 377 g/mol. The van der Waals surface area contributed by atoms with Crippen molar-refractivity contribution >= 4 is 26.9 Å². The van der Waals surface area contributed by atoms with Gasteiger partial charge in [-0.05, 0) is 24.8 Å². The van der Waals surface area contributed by atoms with Crippen molar-refractivity contribution in [3.63, 3.8) is 0 Å². The molecule has 0 atom stereocenters. The van der Waals surface area contributed by atoms with E-state index in [9.17, 15) is 8.42 Å². The molecule has 5 rings (SSSR count). The van der Waals surface area contributed by atoms with E-state index < -0.39 is 10.0 Å². The Balaban J connectivity index is 1.19. The maximum Gasteiger partial charge on any atom is 0.214 e. The molecule has 3 fully saturated rings. The van der Waals surface area contributed by atoms with Crippen molar-refractivity contribution < 1.29 is 13.2 Å². The summed E-state index contributed by atoms with van der Waals surface area (Å²) in [6, 6.07) is 2.30. The van der Waals surface area contributed by atoms with E-state index in [1.165, 1.54) is 0 Å². The number of nitrogens with one attached hydrogen (secondary N) is 1. The number of anilines is 1. The Morgan fingerprint density at radius 1 is 1.35 bits per heavy atom. The third-order valence-electron chi connectivity index (χ3n) is 6.11. The number of hydrogen-bond acceptors (Lipinski definition) is 6. The summed E-state index contributed by atoms with van der Waals surface area (Å²) in [5.41, 5.74) is 0.955. The van der Waals surface area contributed by atoms with Crippen LogP contribution >= 0.6 is 0 Å². The zero-order chi connectivity index (χ0) is 17.9. The second kappa shape index (κ2) is 5.64. The van der Waals surface area contributed by atoms with E-state index in [0.29, 0.717) is 32.3 Å². The highest BCUT2D eigenvalue weighted by atomic mass is 32.2. The molecule has 1 spiro atoms. The molecule has 8 nitrogen and oxygen atoms in total. The molecule has 4 heterocycles. The lowest BCUT2D eigenvalue weighted by atomic mass is 9.80. The molecule has 26 heavy (non-hydrogen) atoms. The van der Waals surface area contributed by atoms with Gasteiger partial charge >= 0.3 is 0 Å². The summed E-state index contributed by atoms with van der Waals surface area (Å²) in [5.74, 6) is 1.39. The average Bonchev–Trinajstić information content (AvgIpc) is 2.95. The Hall–Kier alpha value is -1.71. The molecule has 1 aliphatic carbocycles. The Bertz CT molecular complexity index is 925. The summed E-state index contributed by atoms with van der Waals surface area (Å²) < 4.78 is 32.0. The maximum atomic E-state index is 12.6. The van der Waals surface area contributed by atoms with Crippen LogP contribution in [0.2, 0.25) is 0 Å². The van der Waals surface area contributed by atoms with Gasteiger partial charge in [0.2, 0.25) is 10.0 Å². The maximum absolute atomic E-state index is 12.6. The molecule has 2 aromatic rings. The van der Waals surface area contributed by atoms with Crippen LogP contribution in [-0.2, 0) is 14.8 Å². The van der Waals surface area contributed by atoms with Gasteiger partial charge in [0.05, 0.1) is 24.4 Å². The Labute approximate surface area is 152 Å². The quantitative estimate of drug-likeness (QED) is 0.830. The van der Waals surface area contributed by atoms with E-state index in [4.69, 9.17) is 4.74 Å². The first-order valence-corrected chi connectivity index (χ1v) is 10.6. The molecule has 0 amide bonds. The van der Waals surface area contributed by atoms with Crippen molar-refractivity contribution in [3.8, 4) is 0 Å². The summed E-state index contributed by atoms with van der Waals surface area (Å²) in [6.07, 6.45) is 5.19. The van der Waals surface area contributed by atoms with Gasteiger partial charge in [0.25, 0.3) is 0 Å². The lowest BCUT2D eigenvalue weighted by Crippen LogP contribution is -2.67. The van der Waals surface area contributed by atoms with Crippen molar-refractivity contribution in [3.05, 3.63) is 18.6 Å². The van der Waals surface area contributed by atoms with Crippen LogP contribution in [0.4, 0.5) is 5.82 Å². The smallest absolute Gasteiger partial charge is 0.214 e. The molecule has 2 saturated heterocycles. The Morgan fingerprint density at radius 2 is 2.12 bits per heavy atom. The molecule has 0 unspecified atom stereocenters. The van der Waals surface area contributed by atoms with Gasteiger partial charge in [0.1, 0.15) is 17.8 Å². The Morgan fingerprint density at radius 3 is 2.81 bits per heavy atom. The van der Waals surface area contributed by atoms with Crippen molar-refractivity contribution in [1.82, 2.24) is 19.3 Å². The summed E-state index contributed by atoms with van der Waals surface area (Å²) in [4.78, 5) is 13.9. The second-order valence-corrected chi connectivity index (χ2v) is 10.1. The number of aromatic amines is 1. The summed E-state index contributed by atoms with van der Waals surface area (Å²) >= 11 is 0. The van der Waals surface area contributed by atoms with Crippen LogP contribution in [0.25, 0.3) is 11.0 Å². The molecule has 1 saturated carbocycles. The van der Waals surface area contributed by atoms with Crippen LogP contribution in [0.3, 0.4) is 0 Å². The van der Waals surface area contributed by atoms with Crippen LogP contribution in [0.5, 0.6) is 0 Å². The molecule has 3 aliphatic rings. The molecule has 9 heteroatoms. The molecule has 2 aliphatic heterocycles. The van der Waals surface area contributed by atoms with Crippen LogP contribution in [0, 0.1) is 11.3 Å². The molecule has 0 bridgehead atoms. The van der Waals surface area contributed by atoms with Crippen molar-refractivity contribution in [2.45, 2.75) is 18.9 Å². The standard InChI is InChI=1S/C17H23N5O3S/c1-21(16-14-2-3-18-15(14)19-11-20-16)13-4-12(5-13)6-26(23,24)22-7-17(8-22)9-25-10-17/h2-3,11-13H,4-10H2,1H3,(H,18,19,20). The zero-order valence-electron chi connectivity index (χ0n) is 14.8. The van der Waals surface area contributed by atoms with Gasteiger partial charge in [-0.1, -0.05) is 0 Å². The van der Waals surface area contributed by atoms with Gasteiger partial charge in [-0.25, -0.2) is 22.7 Å². The van der Waals surface area contributed by atoms with Gasteiger partial charge in [0.15, 0.2) is 0 Å². The molecule has 2 aromatic heterocycles. The molecule has 140 valence electrons. The molecule has 0 radical (unpaired) electrons. The van der Waals surface area contributed by atoms with Gasteiger partial charge in [-0.3, -0.25) is 0 Å². The number of nitrogens with zero attached hydrogens (tertiary/aromatic N) is 4. The predicted molar refractivity (Wildman–Crippen MR) is 97.4 cm³/mol. The van der Waals surface area contributed by atoms with Gasteiger partial charge in [-0.15, -0.1) is 0 Å². The zero-order valence-corrected chi connectivity index (χ0v) is 15.6. The number of aromatic nitrogens is 3. The van der Waals surface area contributed by atoms with Crippen LogP contribution in [0.1, 0.15) is 12.8 Å². The minimum absolute atomic E-state index is 0.129. The van der Waals surface area contributed by atoms with Crippen molar-refractivity contribution in [2.75, 3.05) is 44.0 Å². The fourth-order valence-corrected chi connectivity index (χ4v) is 6.36. The van der Waals surface area contributed by atoms with Crippen molar-refractivity contribution in [1.29, 1.82) is 0 Å². The highest BCUT2D eigenvalue weighted by molar-refractivity contribution is 7.89. The SMILES string of the molecule is CN(c1ncnc2[nH]ccc12)C1CC(CS(=O)(=O)N2CC3(COC3)C2)C1. The van der Waals surface area contributed by atoms with Crippen LogP contribution < -0.4 is 4.90 Å². The predicted octanol–water partition coefficient (Wildman–Crippen LogP) is 0.835. The second-order valence-electron chi connectivity index (χ2n) is 8.08. The van der Waals surface area contributed by atoms with E-state index in [1.807, 2.05) is 19.3 Å². The van der Waals surface area contributed by atoms with Gasteiger partial charge in [-0.2, -0.15) is 0 Å². The number of fused-ring (bicyclic) bond motifs is 1. The summed E-state index contributed by atoms with van der Waals surface area (Å²) in [7, 11) is -1.11. The number of sulfonamides is 1. The first-order valence-electron chi connectivity index (χ1n) is 9.02. The van der Waals surface area contributed by atoms with Gasteiger partial charge < -0.3 is 14.6 Å². The minimum atomic E-state index is -3.14. The summed E-state index contributed by atoms with van der Waals surface area (Å²) in [5, 5.41) is 1.000. The van der Waals surface area contributed by atoms with Crippen LogP contribution in [0.15, 0.2) is 18.6 Å². The van der Waals surface area contributed by atoms with E-state index in [1.54, 1.807) is 10.6 Å². The molecular formula is C17H23N5O3S. The van der Waals surface area contributed by atoms with Gasteiger partial charge in [0, 0.05) is 37.8 Å². The lowest BCUT2D eigenvalue weighted by Gasteiger charge is -2.54. The number of rotatable bonds is 5. The number of ether oxygens (including phenoxy) is 1. The highest BCUT2D eigenvalue weighted by Gasteiger charge is 2.53. The molecule has 0 aromatic carbocycles. The largest absolute Gasteiger partial charge is 0.380 e. The van der Waals surface area contributed by atoms with E-state index >= 15 is 0 Å². The Kier molecular flexibility index (Phi) is 3.57. The minimum Gasteiger partial charge on any atom is -0.380 e. The lowest BCUT2D eigenvalue weighted by molar-refractivity contribution is -0.166.